The van der Waals surface area contributed by atoms with Crippen molar-refractivity contribution >= 4 is 16.6 Å². The van der Waals surface area contributed by atoms with Crippen molar-refractivity contribution in [2.24, 2.45) is 5.92 Å². The second-order valence-electron chi connectivity index (χ2n) is 6.10. The van der Waals surface area contributed by atoms with Crippen LogP contribution in [0, 0.1) is 5.92 Å². The minimum Gasteiger partial charge on any atom is -0.359 e. The van der Waals surface area contributed by atoms with Crippen molar-refractivity contribution in [2.75, 3.05) is 25.0 Å². The second kappa shape index (κ2) is 7.41. The van der Waals surface area contributed by atoms with Gasteiger partial charge in [0.15, 0.2) is 0 Å². The summed E-state index contributed by atoms with van der Waals surface area (Å²) in [5.74, 6) is 1.75. The minimum atomic E-state index is 0.666. The Labute approximate surface area is 128 Å². The number of nitrogens with zero attached hydrogens (tertiary/aromatic N) is 2. The van der Waals surface area contributed by atoms with E-state index in [0.717, 1.165) is 31.9 Å². The van der Waals surface area contributed by atoms with E-state index in [-0.39, 0.29) is 0 Å². The molecule has 0 fully saturated rings. The first-order valence-electron chi connectivity index (χ1n) is 7.92. The molecule has 0 aliphatic carbocycles. The summed E-state index contributed by atoms with van der Waals surface area (Å²) in [6.45, 7) is 9.60. The van der Waals surface area contributed by atoms with Gasteiger partial charge in [-0.25, -0.2) is 4.98 Å². The van der Waals surface area contributed by atoms with Crippen molar-refractivity contribution in [1.29, 1.82) is 0 Å². The molecule has 0 bridgehead atoms. The summed E-state index contributed by atoms with van der Waals surface area (Å²) in [6, 6.07) is 8.58. The molecule has 3 heteroatoms. The van der Waals surface area contributed by atoms with Gasteiger partial charge >= 0.3 is 0 Å². The maximum atomic E-state index is 4.71. The van der Waals surface area contributed by atoms with Crippen LogP contribution < -0.4 is 10.2 Å². The van der Waals surface area contributed by atoms with E-state index in [4.69, 9.17) is 4.98 Å². The van der Waals surface area contributed by atoms with Gasteiger partial charge in [-0.15, -0.1) is 0 Å². The largest absolute Gasteiger partial charge is 0.359 e. The third kappa shape index (κ3) is 3.94. The number of hydrogen-bond acceptors (Lipinski definition) is 3. The van der Waals surface area contributed by atoms with Gasteiger partial charge in [0.2, 0.25) is 0 Å². The molecule has 2 aromatic rings. The lowest BCUT2D eigenvalue weighted by Crippen LogP contribution is -2.21. The summed E-state index contributed by atoms with van der Waals surface area (Å²) in [5.41, 5.74) is 1.28. The van der Waals surface area contributed by atoms with Gasteiger partial charge in [-0.1, -0.05) is 45.0 Å². The van der Waals surface area contributed by atoms with Gasteiger partial charge in [0.05, 0.1) is 0 Å². The molecule has 0 unspecified atom stereocenters. The van der Waals surface area contributed by atoms with E-state index in [2.05, 4.69) is 62.3 Å². The average molecular weight is 285 g/mol. The van der Waals surface area contributed by atoms with Crippen LogP contribution >= 0.6 is 0 Å². The summed E-state index contributed by atoms with van der Waals surface area (Å²) < 4.78 is 0. The van der Waals surface area contributed by atoms with Crippen molar-refractivity contribution in [3.63, 3.8) is 0 Å². The van der Waals surface area contributed by atoms with Crippen LogP contribution in [-0.4, -0.2) is 25.1 Å². The molecule has 0 radical (unpaired) electrons. The first kappa shape index (κ1) is 15.8. The molecule has 0 atom stereocenters. The molecular formula is C18H27N3. The van der Waals surface area contributed by atoms with Crippen LogP contribution in [-0.2, 0) is 6.54 Å². The Hall–Kier alpha value is -1.61. The van der Waals surface area contributed by atoms with Gasteiger partial charge < -0.3 is 10.2 Å². The van der Waals surface area contributed by atoms with Crippen LogP contribution in [0.3, 0.4) is 0 Å². The molecule has 0 saturated carbocycles. The first-order chi connectivity index (χ1) is 10.1. The molecule has 1 aromatic carbocycles. The molecule has 1 aromatic heterocycles. The summed E-state index contributed by atoms with van der Waals surface area (Å²) in [6.07, 6.45) is 3.15. The number of pyridine rings is 1. The van der Waals surface area contributed by atoms with Gasteiger partial charge in [0, 0.05) is 31.7 Å². The monoisotopic (exact) mass is 285 g/mol. The Balaban J connectivity index is 2.31. The number of benzene rings is 1. The molecular weight excluding hydrogens is 258 g/mol. The molecule has 0 amide bonds. The standard InChI is InChI=1S/C18H27N3/c1-5-10-21(4)18-17-9-7-6-8-16(17)15(13-20-18)12-19-11-14(2)3/h6-9,13-14,19H,5,10-12H2,1-4H3. The molecule has 21 heavy (non-hydrogen) atoms. The molecule has 1 heterocycles. The Kier molecular flexibility index (Phi) is 5.57. The van der Waals surface area contributed by atoms with Crippen LogP contribution in [0.15, 0.2) is 30.5 Å². The number of rotatable bonds is 7. The fourth-order valence-corrected chi connectivity index (χ4v) is 2.62. The van der Waals surface area contributed by atoms with Crippen molar-refractivity contribution in [1.82, 2.24) is 10.3 Å². The zero-order valence-electron chi connectivity index (χ0n) is 13.7. The van der Waals surface area contributed by atoms with E-state index in [9.17, 15) is 0 Å². The minimum absolute atomic E-state index is 0.666. The highest BCUT2D eigenvalue weighted by molar-refractivity contribution is 5.94. The van der Waals surface area contributed by atoms with Gasteiger partial charge in [0.25, 0.3) is 0 Å². The molecule has 1 N–H and O–H groups in total. The zero-order chi connectivity index (χ0) is 15.2. The number of fused-ring (bicyclic) bond motifs is 1. The van der Waals surface area contributed by atoms with Crippen molar-refractivity contribution in [3.8, 4) is 0 Å². The number of nitrogens with one attached hydrogen (secondary N) is 1. The molecule has 2 rings (SSSR count). The molecule has 0 spiro atoms. The predicted octanol–water partition coefficient (Wildman–Crippen LogP) is 3.83. The Morgan fingerprint density at radius 3 is 2.57 bits per heavy atom. The van der Waals surface area contributed by atoms with Crippen LogP contribution in [0.5, 0.6) is 0 Å². The van der Waals surface area contributed by atoms with Crippen molar-refractivity contribution < 1.29 is 0 Å². The van der Waals surface area contributed by atoms with Crippen LogP contribution in [0.25, 0.3) is 10.8 Å². The zero-order valence-corrected chi connectivity index (χ0v) is 13.7. The van der Waals surface area contributed by atoms with E-state index < -0.39 is 0 Å². The highest BCUT2D eigenvalue weighted by Gasteiger charge is 2.10. The number of aromatic nitrogens is 1. The van der Waals surface area contributed by atoms with Crippen LogP contribution in [0.2, 0.25) is 0 Å². The summed E-state index contributed by atoms with van der Waals surface area (Å²) in [5, 5.41) is 6.07. The maximum Gasteiger partial charge on any atom is 0.136 e. The SMILES string of the molecule is CCCN(C)c1ncc(CNCC(C)C)c2ccccc12. The maximum absolute atomic E-state index is 4.71. The summed E-state index contributed by atoms with van der Waals surface area (Å²) >= 11 is 0. The summed E-state index contributed by atoms with van der Waals surface area (Å²) in [4.78, 5) is 6.95. The third-order valence-corrected chi connectivity index (χ3v) is 3.65. The van der Waals surface area contributed by atoms with Crippen molar-refractivity contribution in [2.45, 2.75) is 33.7 Å². The fraction of sp³-hybridized carbons (Fsp3) is 0.500. The quantitative estimate of drug-likeness (QED) is 0.838. The highest BCUT2D eigenvalue weighted by Crippen LogP contribution is 2.26. The molecule has 0 saturated heterocycles. The van der Waals surface area contributed by atoms with Crippen LogP contribution in [0.4, 0.5) is 5.82 Å². The Morgan fingerprint density at radius 1 is 1.19 bits per heavy atom. The van der Waals surface area contributed by atoms with E-state index >= 15 is 0 Å². The second-order valence-corrected chi connectivity index (χ2v) is 6.10. The average Bonchev–Trinajstić information content (AvgIpc) is 2.47. The smallest absolute Gasteiger partial charge is 0.136 e. The molecule has 0 aliphatic rings. The lowest BCUT2D eigenvalue weighted by molar-refractivity contribution is 0.553. The predicted molar refractivity (Wildman–Crippen MR) is 91.8 cm³/mol. The number of anilines is 1. The number of hydrogen-bond donors (Lipinski definition) is 1. The van der Waals surface area contributed by atoms with Crippen LogP contribution in [0.1, 0.15) is 32.8 Å². The molecule has 114 valence electrons. The lowest BCUT2D eigenvalue weighted by Gasteiger charge is -2.20. The topological polar surface area (TPSA) is 28.2 Å². The molecule has 3 nitrogen and oxygen atoms in total. The lowest BCUT2D eigenvalue weighted by atomic mass is 10.1. The van der Waals surface area contributed by atoms with Gasteiger partial charge in [0.1, 0.15) is 5.82 Å². The summed E-state index contributed by atoms with van der Waals surface area (Å²) in [7, 11) is 2.12. The first-order valence-corrected chi connectivity index (χ1v) is 7.92. The normalized spacial score (nSPS) is 11.3. The van der Waals surface area contributed by atoms with Gasteiger partial charge in [-0.05, 0) is 29.8 Å². The van der Waals surface area contributed by atoms with E-state index in [1.165, 1.54) is 16.3 Å². The van der Waals surface area contributed by atoms with E-state index in [1.54, 1.807) is 0 Å². The van der Waals surface area contributed by atoms with Gasteiger partial charge in [-0.3, -0.25) is 0 Å². The molecule has 0 aliphatic heterocycles. The Morgan fingerprint density at radius 2 is 1.90 bits per heavy atom. The third-order valence-electron chi connectivity index (χ3n) is 3.65. The Bertz CT molecular complexity index is 578. The van der Waals surface area contributed by atoms with Gasteiger partial charge in [-0.2, -0.15) is 0 Å². The van der Waals surface area contributed by atoms with E-state index in [0.29, 0.717) is 5.92 Å². The van der Waals surface area contributed by atoms with Crippen molar-refractivity contribution in [3.05, 3.63) is 36.0 Å². The van der Waals surface area contributed by atoms with E-state index in [1.807, 2.05) is 6.20 Å². The highest BCUT2D eigenvalue weighted by atomic mass is 15.2. The fourth-order valence-electron chi connectivity index (χ4n) is 2.62.